The summed E-state index contributed by atoms with van der Waals surface area (Å²) >= 11 is 0. The van der Waals surface area contributed by atoms with E-state index >= 15 is 0 Å². The lowest BCUT2D eigenvalue weighted by Crippen LogP contribution is -2.21. The van der Waals surface area contributed by atoms with Gasteiger partial charge < -0.3 is 10.1 Å². The molecule has 0 saturated heterocycles. The van der Waals surface area contributed by atoms with Gasteiger partial charge in [-0.25, -0.2) is 0 Å². The van der Waals surface area contributed by atoms with Crippen molar-refractivity contribution in [3.05, 3.63) is 0 Å². The molecule has 1 N–H and O–H groups in total. The van der Waals surface area contributed by atoms with Crippen LogP contribution in [0.2, 0.25) is 0 Å². The highest BCUT2D eigenvalue weighted by Crippen LogP contribution is 2.11. The van der Waals surface area contributed by atoms with Crippen molar-refractivity contribution in [3.8, 4) is 0 Å². The lowest BCUT2D eigenvalue weighted by Gasteiger charge is -2.13. The van der Waals surface area contributed by atoms with Crippen molar-refractivity contribution in [1.82, 2.24) is 5.32 Å². The summed E-state index contributed by atoms with van der Waals surface area (Å²) in [7, 11) is 1.97. The van der Waals surface area contributed by atoms with E-state index in [1.165, 1.54) is 0 Å². The second-order valence-corrected chi connectivity index (χ2v) is 3.78. The number of carbonyl (C=O) groups excluding carboxylic acids is 1. The Balaban J connectivity index is 3.43. The van der Waals surface area contributed by atoms with Gasteiger partial charge in [-0.3, -0.25) is 0 Å². The molecule has 0 radical (unpaired) electrons. The minimum Gasteiger partial charge on any atom is -0.317 e. The molecule has 0 aromatic carbocycles. The summed E-state index contributed by atoms with van der Waals surface area (Å²) in [6.07, 6.45) is 3.03. The van der Waals surface area contributed by atoms with Gasteiger partial charge in [0.25, 0.3) is 0 Å². The molecular formula is C10H21NO. The Labute approximate surface area is 75.7 Å². The molecule has 0 aromatic heterocycles. The summed E-state index contributed by atoms with van der Waals surface area (Å²) in [6, 6.07) is 0.569. The molecule has 12 heavy (non-hydrogen) atoms. The molecule has 0 spiro atoms. The highest BCUT2D eigenvalue weighted by Gasteiger charge is 2.06. The monoisotopic (exact) mass is 171 g/mol. The van der Waals surface area contributed by atoms with E-state index in [2.05, 4.69) is 19.2 Å². The zero-order valence-electron chi connectivity index (χ0n) is 8.68. The van der Waals surface area contributed by atoms with E-state index in [4.69, 9.17) is 0 Å². The van der Waals surface area contributed by atoms with Crippen LogP contribution in [0.15, 0.2) is 0 Å². The Bertz CT molecular complexity index is 134. The van der Waals surface area contributed by atoms with E-state index in [0.29, 0.717) is 17.7 Å². The normalized spacial score (nSPS) is 15.7. The topological polar surface area (TPSA) is 29.1 Å². The zero-order chi connectivity index (χ0) is 9.56. The number of hydrogen-bond donors (Lipinski definition) is 1. The van der Waals surface area contributed by atoms with Gasteiger partial charge in [0.15, 0.2) is 0 Å². The van der Waals surface area contributed by atoms with Gasteiger partial charge in [-0.1, -0.05) is 6.92 Å². The Morgan fingerprint density at radius 1 is 1.33 bits per heavy atom. The van der Waals surface area contributed by atoms with Crippen LogP contribution in [0, 0.1) is 5.92 Å². The van der Waals surface area contributed by atoms with Crippen LogP contribution in [-0.4, -0.2) is 18.9 Å². The van der Waals surface area contributed by atoms with Crippen LogP contribution < -0.4 is 5.32 Å². The van der Waals surface area contributed by atoms with Crippen LogP contribution in [0.4, 0.5) is 0 Å². The molecule has 0 heterocycles. The first-order chi connectivity index (χ1) is 5.56. The first kappa shape index (κ1) is 11.6. The average molecular weight is 171 g/mol. The number of Topliss-reactive ketones (excluding diaryl/α,β-unsaturated/α-hetero) is 1. The van der Waals surface area contributed by atoms with E-state index in [9.17, 15) is 4.79 Å². The Morgan fingerprint density at radius 3 is 2.33 bits per heavy atom. The van der Waals surface area contributed by atoms with Crippen LogP contribution in [0.25, 0.3) is 0 Å². The second kappa shape index (κ2) is 6.18. The minimum absolute atomic E-state index is 0.305. The standard InChI is InChI=1S/C10H21NO/c1-8(7-10(3)12)5-6-9(2)11-4/h8-9,11H,5-7H2,1-4H3. The molecule has 0 bridgehead atoms. The fraction of sp³-hybridized carbons (Fsp3) is 0.900. The van der Waals surface area contributed by atoms with Crippen LogP contribution in [0.3, 0.4) is 0 Å². The van der Waals surface area contributed by atoms with Crippen molar-refractivity contribution in [2.45, 2.75) is 46.1 Å². The van der Waals surface area contributed by atoms with Gasteiger partial charge in [0.2, 0.25) is 0 Å². The van der Waals surface area contributed by atoms with Crippen molar-refractivity contribution < 1.29 is 4.79 Å². The third-order valence-electron chi connectivity index (χ3n) is 2.22. The lowest BCUT2D eigenvalue weighted by molar-refractivity contribution is -0.117. The van der Waals surface area contributed by atoms with Crippen molar-refractivity contribution in [1.29, 1.82) is 0 Å². The molecule has 2 unspecified atom stereocenters. The van der Waals surface area contributed by atoms with Gasteiger partial charge in [0.1, 0.15) is 5.78 Å². The van der Waals surface area contributed by atoms with Gasteiger partial charge >= 0.3 is 0 Å². The fourth-order valence-corrected chi connectivity index (χ4v) is 1.27. The van der Waals surface area contributed by atoms with Crippen molar-refractivity contribution in [3.63, 3.8) is 0 Å². The number of carbonyl (C=O) groups is 1. The predicted molar refractivity (Wildman–Crippen MR) is 52.2 cm³/mol. The Hall–Kier alpha value is -0.370. The Kier molecular flexibility index (Phi) is 5.99. The maximum atomic E-state index is 10.8. The first-order valence-electron chi connectivity index (χ1n) is 4.73. The van der Waals surface area contributed by atoms with E-state index in [-0.39, 0.29) is 0 Å². The van der Waals surface area contributed by atoms with Gasteiger partial charge in [-0.05, 0) is 39.7 Å². The van der Waals surface area contributed by atoms with Crippen LogP contribution in [0.1, 0.15) is 40.0 Å². The number of ketones is 1. The highest BCUT2D eigenvalue weighted by molar-refractivity contribution is 5.75. The molecule has 0 fully saturated rings. The SMILES string of the molecule is CNC(C)CCC(C)CC(C)=O. The molecule has 0 aliphatic rings. The van der Waals surface area contributed by atoms with Crippen molar-refractivity contribution in [2.75, 3.05) is 7.05 Å². The predicted octanol–water partition coefficient (Wildman–Crippen LogP) is 1.99. The van der Waals surface area contributed by atoms with Gasteiger partial charge in [0.05, 0.1) is 0 Å². The molecule has 2 nitrogen and oxygen atoms in total. The largest absolute Gasteiger partial charge is 0.317 e. The van der Waals surface area contributed by atoms with Crippen molar-refractivity contribution in [2.24, 2.45) is 5.92 Å². The maximum Gasteiger partial charge on any atom is 0.130 e. The molecule has 0 aliphatic carbocycles. The number of rotatable bonds is 6. The molecule has 2 heteroatoms. The summed E-state index contributed by atoms with van der Waals surface area (Å²) in [5.41, 5.74) is 0. The molecule has 0 aromatic rings. The Morgan fingerprint density at radius 2 is 1.92 bits per heavy atom. The summed E-state index contributed by atoms with van der Waals surface area (Å²) in [4.78, 5) is 10.8. The molecule has 0 aliphatic heterocycles. The van der Waals surface area contributed by atoms with Gasteiger partial charge in [0, 0.05) is 12.5 Å². The summed E-state index contributed by atoms with van der Waals surface area (Å²) in [5, 5.41) is 3.19. The molecule has 0 amide bonds. The maximum absolute atomic E-state index is 10.8. The minimum atomic E-state index is 0.305. The van der Waals surface area contributed by atoms with E-state index in [1.54, 1.807) is 6.92 Å². The molecular weight excluding hydrogens is 150 g/mol. The van der Waals surface area contributed by atoms with Crippen LogP contribution >= 0.6 is 0 Å². The van der Waals surface area contributed by atoms with Crippen molar-refractivity contribution >= 4 is 5.78 Å². The van der Waals surface area contributed by atoms with E-state index in [1.807, 2.05) is 7.05 Å². The first-order valence-corrected chi connectivity index (χ1v) is 4.73. The molecule has 72 valence electrons. The number of hydrogen-bond acceptors (Lipinski definition) is 2. The third kappa shape index (κ3) is 6.35. The smallest absolute Gasteiger partial charge is 0.130 e. The van der Waals surface area contributed by atoms with Crippen LogP contribution in [-0.2, 0) is 4.79 Å². The average Bonchev–Trinajstić information content (AvgIpc) is 1.99. The molecule has 0 saturated carbocycles. The van der Waals surface area contributed by atoms with Gasteiger partial charge in [-0.2, -0.15) is 0 Å². The van der Waals surface area contributed by atoms with E-state index in [0.717, 1.165) is 19.3 Å². The number of nitrogens with one attached hydrogen (secondary N) is 1. The van der Waals surface area contributed by atoms with Crippen LogP contribution in [0.5, 0.6) is 0 Å². The summed E-state index contributed by atoms with van der Waals surface area (Å²) in [6.45, 7) is 5.97. The lowest BCUT2D eigenvalue weighted by atomic mass is 9.97. The summed E-state index contributed by atoms with van der Waals surface area (Å²) < 4.78 is 0. The zero-order valence-corrected chi connectivity index (χ0v) is 8.68. The third-order valence-corrected chi connectivity index (χ3v) is 2.22. The van der Waals surface area contributed by atoms with Gasteiger partial charge in [-0.15, -0.1) is 0 Å². The second-order valence-electron chi connectivity index (χ2n) is 3.78. The summed E-state index contributed by atoms with van der Waals surface area (Å²) in [5.74, 6) is 0.845. The highest BCUT2D eigenvalue weighted by atomic mass is 16.1. The quantitative estimate of drug-likeness (QED) is 0.662. The fourth-order valence-electron chi connectivity index (χ4n) is 1.27. The molecule has 0 rings (SSSR count). The van der Waals surface area contributed by atoms with E-state index < -0.39 is 0 Å². The molecule has 2 atom stereocenters.